The Morgan fingerprint density at radius 1 is 1.05 bits per heavy atom. The van der Waals surface area contributed by atoms with Crippen LogP contribution in [0.2, 0.25) is 5.02 Å². The number of methoxy groups -OCH3 is 4. The number of carbonyl (C=O) groups is 3. The summed E-state index contributed by atoms with van der Waals surface area (Å²) in [6.45, 7) is 1.57. The summed E-state index contributed by atoms with van der Waals surface area (Å²) in [6, 6.07) is 4.62. The number of halogens is 1. The highest BCUT2D eigenvalue weighted by atomic mass is 35.5. The predicted octanol–water partition coefficient (Wildman–Crippen LogP) is 4.18. The first-order valence-corrected chi connectivity index (χ1v) is 12.7. The zero-order valence-electron chi connectivity index (χ0n) is 22.4. The van der Waals surface area contributed by atoms with Crippen molar-refractivity contribution in [3.8, 4) is 34.5 Å². The van der Waals surface area contributed by atoms with Gasteiger partial charge in [0, 0.05) is 29.9 Å². The van der Waals surface area contributed by atoms with E-state index in [0.717, 1.165) is 0 Å². The number of carbonyl (C=O) groups excluding carboxylic acids is 3. The van der Waals surface area contributed by atoms with E-state index in [1.165, 1.54) is 34.5 Å². The number of fused-ring (bicyclic) bond motifs is 2. The molecule has 0 aromatic heterocycles. The summed E-state index contributed by atoms with van der Waals surface area (Å²) in [4.78, 5) is 40.3. The van der Waals surface area contributed by atoms with E-state index in [1.54, 1.807) is 19.1 Å². The number of aliphatic hydroxyl groups is 1. The third-order valence-electron chi connectivity index (χ3n) is 7.54. The quantitative estimate of drug-likeness (QED) is 0.477. The van der Waals surface area contributed by atoms with Crippen LogP contribution >= 0.6 is 11.6 Å². The van der Waals surface area contributed by atoms with Gasteiger partial charge in [-0.25, -0.2) is 0 Å². The summed E-state index contributed by atoms with van der Waals surface area (Å²) in [5, 5.41) is 11.9. The Kier molecular flexibility index (Phi) is 6.95. The minimum absolute atomic E-state index is 0.00796. The number of esters is 1. The summed E-state index contributed by atoms with van der Waals surface area (Å²) in [6.07, 6.45) is -0.510. The smallest absolute Gasteiger partial charge is 0.306 e. The van der Waals surface area contributed by atoms with Crippen molar-refractivity contribution in [1.29, 1.82) is 0 Å². The van der Waals surface area contributed by atoms with E-state index in [2.05, 4.69) is 0 Å². The average molecular weight is 575 g/mol. The minimum atomic E-state index is -2.01. The Labute approximate surface area is 234 Å². The molecule has 1 aliphatic carbocycles. The maximum atomic E-state index is 14.1. The SMILES string of the molecule is COC(=O)CC(C1=C(O)C2(Oc3c(Cl)c(OC)cc(OC)c3C2=O)C(C)CC1=O)c1cc(OC)c2c(c1)OCO2. The molecule has 2 aromatic rings. The summed E-state index contributed by atoms with van der Waals surface area (Å²) in [5.74, 6) is -2.96. The highest BCUT2D eigenvalue weighted by molar-refractivity contribution is 6.35. The second-order valence-electron chi connectivity index (χ2n) is 9.55. The molecule has 12 heteroatoms. The molecule has 5 rings (SSSR count). The first kappa shape index (κ1) is 27.4. The molecular formula is C28H27ClO11. The molecule has 2 heterocycles. The van der Waals surface area contributed by atoms with Gasteiger partial charge in [0.1, 0.15) is 22.1 Å². The monoisotopic (exact) mass is 574 g/mol. The number of hydrogen-bond acceptors (Lipinski definition) is 11. The van der Waals surface area contributed by atoms with Crippen LogP contribution in [0.15, 0.2) is 29.5 Å². The van der Waals surface area contributed by atoms with Crippen LogP contribution in [0, 0.1) is 5.92 Å². The van der Waals surface area contributed by atoms with Gasteiger partial charge < -0.3 is 38.3 Å². The molecule has 3 aliphatic rings. The number of ketones is 2. The molecule has 3 unspecified atom stereocenters. The van der Waals surface area contributed by atoms with E-state index in [-0.39, 0.29) is 53.0 Å². The number of hydrogen-bond donors (Lipinski definition) is 1. The lowest BCUT2D eigenvalue weighted by Gasteiger charge is -2.38. The molecule has 0 saturated heterocycles. The first-order valence-electron chi connectivity index (χ1n) is 12.3. The molecule has 11 nitrogen and oxygen atoms in total. The lowest BCUT2D eigenvalue weighted by Crippen LogP contribution is -2.53. The summed E-state index contributed by atoms with van der Waals surface area (Å²) in [5.41, 5.74) is -1.78. The van der Waals surface area contributed by atoms with Crippen LogP contribution in [0.1, 0.15) is 41.6 Å². The molecular weight excluding hydrogens is 548 g/mol. The molecule has 3 atom stereocenters. The van der Waals surface area contributed by atoms with Crippen molar-refractivity contribution in [2.45, 2.75) is 31.3 Å². The zero-order chi connectivity index (χ0) is 28.9. The predicted molar refractivity (Wildman–Crippen MR) is 139 cm³/mol. The molecule has 40 heavy (non-hydrogen) atoms. The Balaban J connectivity index is 1.73. The van der Waals surface area contributed by atoms with Crippen molar-refractivity contribution in [1.82, 2.24) is 0 Å². The van der Waals surface area contributed by atoms with Gasteiger partial charge in [-0.1, -0.05) is 18.5 Å². The van der Waals surface area contributed by atoms with E-state index in [1.807, 2.05) is 0 Å². The fourth-order valence-corrected chi connectivity index (χ4v) is 5.79. The zero-order valence-corrected chi connectivity index (χ0v) is 23.2. The third-order valence-corrected chi connectivity index (χ3v) is 7.90. The largest absolute Gasteiger partial charge is 0.507 e. The fraction of sp³-hybridized carbons (Fsp3) is 0.393. The average Bonchev–Trinajstić information content (AvgIpc) is 3.55. The van der Waals surface area contributed by atoms with Crippen molar-refractivity contribution >= 4 is 29.1 Å². The highest BCUT2D eigenvalue weighted by Gasteiger charge is 2.61. The van der Waals surface area contributed by atoms with Crippen molar-refractivity contribution in [3.63, 3.8) is 0 Å². The van der Waals surface area contributed by atoms with Gasteiger partial charge >= 0.3 is 5.97 Å². The first-order chi connectivity index (χ1) is 19.1. The molecule has 1 N–H and O–H groups in total. The molecule has 0 radical (unpaired) electrons. The fourth-order valence-electron chi connectivity index (χ4n) is 5.53. The molecule has 0 bridgehead atoms. The van der Waals surface area contributed by atoms with Gasteiger partial charge in [0.25, 0.3) is 0 Å². The summed E-state index contributed by atoms with van der Waals surface area (Å²) in [7, 11) is 5.41. The van der Waals surface area contributed by atoms with Crippen LogP contribution in [-0.2, 0) is 14.3 Å². The number of aliphatic hydroxyl groups excluding tert-OH is 1. The molecule has 0 amide bonds. The van der Waals surface area contributed by atoms with Gasteiger partial charge in [-0.05, 0) is 17.7 Å². The van der Waals surface area contributed by atoms with Gasteiger partial charge in [-0.15, -0.1) is 0 Å². The standard InChI is InChI=1S/C28H27ClO11/c1-12-6-15(30)21(14(9-20(31)37-5)13-7-18(36-4)24-19(8-13)38-11-39-24)26(32)28(12)27(33)22-16(34-2)10-17(35-3)23(29)25(22)40-28/h7-8,10,12,14,32H,6,9,11H2,1-5H3. The van der Waals surface area contributed by atoms with Crippen LogP contribution in [-0.4, -0.2) is 63.5 Å². The van der Waals surface area contributed by atoms with Gasteiger partial charge in [-0.2, -0.15) is 0 Å². The Morgan fingerprint density at radius 3 is 2.40 bits per heavy atom. The van der Waals surface area contributed by atoms with Crippen LogP contribution < -0.4 is 28.4 Å². The van der Waals surface area contributed by atoms with E-state index in [9.17, 15) is 19.5 Å². The van der Waals surface area contributed by atoms with E-state index in [0.29, 0.717) is 22.8 Å². The number of allylic oxidation sites excluding steroid dienone is 1. The molecule has 2 aliphatic heterocycles. The van der Waals surface area contributed by atoms with Crippen molar-refractivity contribution in [2.75, 3.05) is 35.2 Å². The van der Waals surface area contributed by atoms with Gasteiger partial charge in [-0.3, -0.25) is 14.4 Å². The Bertz CT molecular complexity index is 1460. The lowest BCUT2D eigenvalue weighted by atomic mass is 9.69. The van der Waals surface area contributed by atoms with E-state index >= 15 is 0 Å². The van der Waals surface area contributed by atoms with E-state index in [4.69, 9.17) is 44.8 Å². The Morgan fingerprint density at radius 2 is 1.75 bits per heavy atom. The second-order valence-corrected chi connectivity index (χ2v) is 9.92. The van der Waals surface area contributed by atoms with Crippen molar-refractivity contribution < 1.29 is 52.6 Å². The normalized spacial score (nSPS) is 21.7. The number of ether oxygens (including phenoxy) is 7. The molecule has 2 aromatic carbocycles. The van der Waals surface area contributed by atoms with Crippen LogP contribution in [0.5, 0.6) is 34.5 Å². The summed E-state index contributed by atoms with van der Waals surface area (Å²) < 4.78 is 38.3. The van der Waals surface area contributed by atoms with Crippen LogP contribution in [0.25, 0.3) is 0 Å². The van der Waals surface area contributed by atoms with Crippen LogP contribution in [0.4, 0.5) is 0 Å². The van der Waals surface area contributed by atoms with Crippen LogP contribution in [0.3, 0.4) is 0 Å². The number of rotatable bonds is 7. The molecule has 1 spiro atoms. The van der Waals surface area contributed by atoms with Gasteiger partial charge in [0.05, 0.1) is 34.9 Å². The molecule has 0 saturated carbocycles. The minimum Gasteiger partial charge on any atom is -0.507 e. The molecule has 212 valence electrons. The second kappa shape index (κ2) is 10.1. The van der Waals surface area contributed by atoms with Gasteiger partial charge in [0.2, 0.25) is 23.9 Å². The number of Topliss-reactive ketones (excluding diaryl/α,β-unsaturated/α-hetero) is 2. The summed E-state index contributed by atoms with van der Waals surface area (Å²) >= 11 is 6.52. The maximum absolute atomic E-state index is 14.1. The number of benzene rings is 2. The third kappa shape index (κ3) is 3.90. The van der Waals surface area contributed by atoms with Gasteiger partial charge in [0.15, 0.2) is 28.8 Å². The van der Waals surface area contributed by atoms with E-state index < -0.39 is 40.7 Å². The lowest BCUT2D eigenvalue weighted by molar-refractivity contribution is -0.140. The topological polar surface area (TPSA) is 136 Å². The maximum Gasteiger partial charge on any atom is 0.306 e. The Hall–Kier alpha value is -4.12. The highest BCUT2D eigenvalue weighted by Crippen LogP contribution is 2.56. The van der Waals surface area contributed by atoms with Crippen molar-refractivity contribution in [2.24, 2.45) is 5.92 Å². The van der Waals surface area contributed by atoms with Crippen molar-refractivity contribution in [3.05, 3.63) is 45.7 Å². The molecule has 0 fully saturated rings.